The van der Waals surface area contributed by atoms with Crippen LogP contribution in [0.1, 0.15) is 24.1 Å². The fourth-order valence-corrected chi connectivity index (χ4v) is 3.13. The zero-order valence-corrected chi connectivity index (χ0v) is 13.0. The number of piperidine rings is 1. The Bertz CT molecular complexity index is 472. The van der Waals surface area contributed by atoms with E-state index in [2.05, 4.69) is 29.0 Å². The van der Waals surface area contributed by atoms with Gasteiger partial charge in [-0.3, -0.25) is 4.68 Å². The Morgan fingerprint density at radius 3 is 2.42 bits per heavy atom. The van der Waals surface area contributed by atoms with Gasteiger partial charge in [-0.1, -0.05) is 12.2 Å². The summed E-state index contributed by atoms with van der Waals surface area (Å²) in [5, 5.41) is 4.46. The molecule has 0 atom stereocenters. The number of nitrogens with zero attached hydrogens (tertiary/aromatic N) is 4. The van der Waals surface area contributed by atoms with Crippen LogP contribution in [0.25, 0.3) is 0 Å². The Morgan fingerprint density at radius 1 is 1.37 bits per heavy atom. The number of aromatic nitrogens is 2. The minimum atomic E-state index is 0.440. The fourth-order valence-electron chi connectivity index (χ4n) is 2.89. The molecule has 0 radical (unpaired) electrons. The van der Waals surface area contributed by atoms with E-state index >= 15 is 0 Å². The van der Waals surface area contributed by atoms with E-state index in [0.717, 1.165) is 43.0 Å². The molecular formula is C13H23N5S. The van der Waals surface area contributed by atoms with E-state index in [0.29, 0.717) is 11.0 Å². The van der Waals surface area contributed by atoms with Crippen LogP contribution in [0, 0.1) is 6.92 Å². The van der Waals surface area contributed by atoms with Gasteiger partial charge in [0, 0.05) is 26.2 Å². The standard InChI is InChI=1S/C13H23N5S/c1-9-11(12(14)19)13(17(4)15-9)18-7-5-10(6-8-18)16(2)3/h10H,5-8H2,1-4H3,(H2,14,19). The average molecular weight is 281 g/mol. The molecule has 0 bridgehead atoms. The molecule has 0 unspecified atom stereocenters. The molecule has 0 aromatic carbocycles. The van der Waals surface area contributed by atoms with Crippen LogP contribution in [0.4, 0.5) is 5.82 Å². The van der Waals surface area contributed by atoms with Crippen molar-refractivity contribution in [1.29, 1.82) is 0 Å². The summed E-state index contributed by atoms with van der Waals surface area (Å²) in [6.45, 7) is 4.01. The first-order valence-electron chi connectivity index (χ1n) is 6.66. The van der Waals surface area contributed by atoms with Crippen molar-refractivity contribution in [3.63, 3.8) is 0 Å². The van der Waals surface area contributed by atoms with Gasteiger partial charge >= 0.3 is 0 Å². The summed E-state index contributed by atoms with van der Waals surface area (Å²) in [5.74, 6) is 1.07. The SMILES string of the molecule is Cc1nn(C)c(N2CCC(N(C)C)CC2)c1C(N)=S. The van der Waals surface area contributed by atoms with Crippen LogP contribution in [-0.4, -0.2) is 52.9 Å². The zero-order chi connectivity index (χ0) is 14.2. The predicted molar refractivity (Wildman–Crippen MR) is 82.8 cm³/mol. The van der Waals surface area contributed by atoms with Crippen molar-refractivity contribution in [1.82, 2.24) is 14.7 Å². The number of thiocarbonyl (C=S) groups is 1. The number of nitrogens with two attached hydrogens (primary N) is 1. The lowest BCUT2D eigenvalue weighted by Crippen LogP contribution is -2.43. The monoisotopic (exact) mass is 281 g/mol. The molecule has 0 aliphatic carbocycles. The van der Waals surface area contributed by atoms with Crippen molar-refractivity contribution >= 4 is 23.0 Å². The zero-order valence-electron chi connectivity index (χ0n) is 12.2. The molecule has 19 heavy (non-hydrogen) atoms. The first kappa shape index (κ1) is 14.3. The first-order chi connectivity index (χ1) is 8.91. The van der Waals surface area contributed by atoms with Gasteiger partial charge in [0.2, 0.25) is 0 Å². The second-order valence-corrected chi connectivity index (χ2v) is 5.89. The largest absolute Gasteiger partial charge is 0.389 e. The Hall–Kier alpha value is -1.14. The molecule has 1 aliphatic rings. The second-order valence-electron chi connectivity index (χ2n) is 5.45. The lowest BCUT2D eigenvalue weighted by atomic mass is 10.0. The van der Waals surface area contributed by atoms with Gasteiger partial charge in [-0.25, -0.2) is 0 Å². The Morgan fingerprint density at radius 2 is 1.95 bits per heavy atom. The van der Waals surface area contributed by atoms with Crippen molar-refractivity contribution in [2.75, 3.05) is 32.1 Å². The molecule has 1 aliphatic heterocycles. The molecule has 0 amide bonds. The lowest BCUT2D eigenvalue weighted by Gasteiger charge is -2.36. The van der Waals surface area contributed by atoms with E-state index in [9.17, 15) is 0 Å². The van der Waals surface area contributed by atoms with Gasteiger partial charge < -0.3 is 15.5 Å². The van der Waals surface area contributed by atoms with E-state index in [1.54, 1.807) is 0 Å². The highest BCUT2D eigenvalue weighted by molar-refractivity contribution is 7.80. The Labute approximate surface area is 120 Å². The lowest BCUT2D eigenvalue weighted by molar-refractivity contribution is 0.249. The van der Waals surface area contributed by atoms with Gasteiger partial charge in [0.05, 0.1) is 11.3 Å². The van der Waals surface area contributed by atoms with Crippen molar-refractivity contribution in [3.05, 3.63) is 11.3 Å². The maximum atomic E-state index is 5.85. The van der Waals surface area contributed by atoms with Gasteiger partial charge in [-0.05, 0) is 33.9 Å². The van der Waals surface area contributed by atoms with Crippen LogP contribution in [0.2, 0.25) is 0 Å². The van der Waals surface area contributed by atoms with Crippen molar-refractivity contribution in [3.8, 4) is 0 Å². The van der Waals surface area contributed by atoms with E-state index in [1.165, 1.54) is 0 Å². The summed E-state index contributed by atoms with van der Waals surface area (Å²) >= 11 is 5.17. The molecule has 2 heterocycles. The van der Waals surface area contributed by atoms with Gasteiger partial charge in [0.25, 0.3) is 0 Å². The van der Waals surface area contributed by atoms with Gasteiger partial charge in [0.1, 0.15) is 10.8 Å². The minimum absolute atomic E-state index is 0.440. The topological polar surface area (TPSA) is 50.3 Å². The molecule has 0 saturated carbocycles. The fraction of sp³-hybridized carbons (Fsp3) is 0.692. The van der Waals surface area contributed by atoms with E-state index in [1.807, 2.05) is 18.7 Å². The Balaban J connectivity index is 2.22. The quantitative estimate of drug-likeness (QED) is 0.834. The third kappa shape index (κ3) is 2.74. The molecular weight excluding hydrogens is 258 g/mol. The highest BCUT2D eigenvalue weighted by atomic mass is 32.1. The van der Waals surface area contributed by atoms with Crippen LogP contribution in [-0.2, 0) is 7.05 Å². The second kappa shape index (κ2) is 5.46. The molecule has 1 saturated heterocycles. The molecule has 106 valence electrons. The molecule has 1 aromatic rings. The minimum Gasteiger partial charge on any atom is -0.389 e. The number of aryl methyl sites for hydroxylation is 2. The molecule has 6 heteroatoms. The Kier molecular flexibility index (Phi) is 4.10. The van der Waals surface area contributed by atoms with Crippen LogP contribution in [0.15, 0.2) is 0 Å². The third-order valence-electron chi connectivity index (χ3n) is 3.93. The van der Waals surface area contributed by atoms with E-state index in [4.69, 9.17) is 18.0 Å². The molecule has 2 N–H and O–H groups in total. The van der Waals surface area contributed by atoms with Crippen LogP contribution in [0.5, 0.6) is 0 Å². The molecule has 2 rings (SSSR count). The maximum Gasteiger partial charge on any atom is 0.137 e. The van der Waals surface area contributed by atoms with Crippen molar-refractivity contribution < 1.29 is 0 Å². The summed E-state index contributed by atoms with van der Waals surface area (Å²) < 4.78 is 1.90. The maximum absolute atomic E-state index is 5.85. The number of anilines is 1. The van der Waals surface area contributed by atoms with Crippen LogP contribution in [0.3, 0.4) is 0 Å². The summed E-state index contributed by atoms with van der Waals surface area (Å²) in [7, 11) is 6.26. The highest BCUT2D eigenvalue weighted by Crippen LogP contribution is 2.27. The smallest absolute Gasteiger partial charge is 0.137 e. The number of rotatable bonds is 3. The normalized spacial score (nSPS) is 17.2. The first-order valence-corrected chi connectivity index (χ1v) is 7.07. The van der Waals surface area contributed by atoms with E-state index in [-0.39, 0.29) is 0 Å². The van der Waals surface area contributed by atoms with Crippen molar-refractivity contribution in [2.45, 2.75) is 25.8 Å². The summed E-state index contributed by atoms with van der Waals surface area (Å²) in [4.78, 5) is 5.10. The van der Waals surface area contributed by atoms with Gasteiger partial charge in [-0.2, -0.15) is 5.10 Å². The molecule has 1 fully saturated rings. The average Bonchev–Trinajstić information content (AvgIpc) is 2.64. The summed E-state index contributed by atoms with van der Waals surface area (Å²) in [6, 6.07) is 0.666. The molecule has 5 nitrogen and oxygen atoms in total. The van der Waals surface area contributed by atoms with Crippen molar-refractivity contribution in [2.24, 2.45) is 12.8 Å². The molecule has 1 aromatic heterocycles. The number of hydrogen-bond acceptors (Lipinski definition) is 4. The highest BCUT2D eigenvalue weighted by Gasteiger charge is 2.26. The van der Waals surface area contributed by atoms with E-state index < -0.39 is 0 Å². The summed E-state index contributed by atoms with van der Waals surface area (Å²) in [6.07, 6.45) is 2.32. The van der Waals surface area contributed by atoms with Gasteiger partial charge in [-0.15, -0.1) is 0 Å². The molecule has 0 spiro atoms. The third-order valence-corrected chi connectivity index (χ3v) is 4.14. The number of hydrogen-bond donors (Lipinski definition) is 1. The van der Waals surface area contributed by atoms with Crippen LogP contribution >= 0.6 is 12.2 Å². The van der Waals surface area contributed by atoms with Gasteiger partial charge in [0.15, 0.2) is 0 Å². The predicted octanol–water partition coefficient (Wildman–Crippen LogP) is 0.893. The van der Waals surface area contributed by atoms with Crippen LogP contribution < -0.4 is 10.6 Å². The summed E-state index contributed by atoms with van der Waals surface area (Å²) in [5.41, 5.74) is 7.70.